The molecule has 0 unspecified atom stereocenters. The molecule has 0 atom stereocenters. The Morgan fingerprint density at radius 3 is 2.67 bits per heavy atom. The van der Waals surface area contributed by atoms with E-state index in [1.807, 2.05) is 22.6 Å². The number of benzene rings is 2. The standard InChI is InChI=1S/C26H21FIN3O8/c1-36-21-10-14(8-18(28)23(21)38-13-22(32)29-16-5-3-4-15(27)11-16)9-19-24(33)31(26(35)30-19)12-17-6-7-20(39-17)25(34)37-2/h3-11H,12-13H2,1-2H3,(H,29,32)(H,30,35)/b19-9-. The molecule has 0 saturated carbocycles. The maximum absolute atomic E-state index is 13.3. The van der Waals surface area contributed by atoms with Gasteiger partial charge in [-0.05, 0) is 76.7 Å². The molecule has 1 aliphatic rings. The number of carbonyl (C=O) groups is 4. The lowest BCUT2D eigenvalue weighted by atomic mass is 10.1. The number of nitrogens with zero attached hydrogens (tertiary/aromatic N) is 1. The first kappa shape index (κ1) is 27.6. The van der Waals surface area contributed by atoms with Gasteiger partial charge in [-0.25, -0.2) is 14.0 Å². The molecule has 4 amide bonds. The summed E-state index contributed by atoms with van der Waals surface area (Å²) in [5.74, 6) is -1.52. The van der Waals surface area contributed by atoms with Gasteiger partial charge in [0.2, 0.25) is 5.76 Å². The van der Waals surface area contributed by atoms with E-state index in [1.165, 1.54) is 50.6 Å². The van der Waals surface area contributed by atoms with Crippen molar-refractivity contribution in [3.8, 4) is 11.5 Å². The second-order valence-corrected chi connectivity index (χ2v) is 9.18. The molecular weight excluding hydrogens is 628 g/mol. The molecule has 1 aromatic heterocycles. The second kappa shape index (κ2) is 12.0. The third-order valence-corrected chi connectivity index (χ3v) is 6.14. The maximum Gasteiger partial charge on any atom is 0.373 e. The van der Waals surface area contributed by atoms with E-state index in [4.69, 9.17) is 13.9 Å². The summed E-state index contributed by atoms with van der Waals surface area (Å²) >= 11 is 1.99. The zero-order valence-corrected chi connectivity index (χ0v) is 22.7. The molecule has 0 radical (unpaired) electrons. The number of amides is 4. The second-order valence-electron chi connectivity index (χ2n) is 8.02. The van der Waals surface area contributed by atoms with Crippen molar-refractivity contribution in [3.63, 3.8) is 0 Å². The molecule has 0 bridgehead atoms. The number of esters is 1. The van der Waals surface area contributed by atoms with E-state index in [1.54, 1.807) is 18.2 Å². The van der Waals surface area contributed by atoms with Crippen molar-refractivity contribution in [2.75, 3.05) is 26.1 Å². The van der Waals surface area contributed by atoms with Crippen LogP contribution in [0.3, 0.4) is 0 Å². The number of furan rings is 1. The Kier molecular flexibility index (Phi) is 8.49. The number of anilines is 1. The van der Waals surface area contributed by atoms with E-state index in [2.05, 4.69) is 15.4 Å². The molecule has 39 heavy (non-hydrogen) atoms. The molecule has 202 valence electrons. The van der Waals surface area contributed by atoms with Crippen molar-refractivity contribution in [1.29, 1.82) is 0 Å². The van der Waals surface area contributed by atoms with Gasteiger partial charge in [0, 0.05) is 5.69 Å². The summed E-state index contributed by atoms with van der Waals surface area (Å²) in [6.07, 6.45) is 1.47. The summed E-state index contributed by atoms with van der Waals surface area (Å²) in [4.78, 5) is 50.1. The molecule has 2 heterocycles. The number of ether oxygens (including phenoxy) is 3. The minimum Gasteiger partial charge on any atom is -0.493 e. The Labute approximate surface area is 235 Å². The van der Waals surface area contributed by atoms with Crippen LogP contribution in [0, 0.1) is 9.39 Å². The van der Waals surface area contributed by atoms with E-state index >= 15 is 0 Å². The molecule has 2 N–H and O–H groups in total. The predicted octanol–water partition coefficient (Wildman–Crippen LogP) is 3.93. The number of halogens is 2. The Morgan fingerprint density at radius 2 is 1.95 bits per heavy atom. The van der Waals surface area contributed by atoms with E-state index in [0.29, 0.717) is 14.8 Å². The Morgan fingerprint density at radius 1 is 1.15 bits per heavy atom. The van der Waals surface area contributed by atoms with E-state index < -0.39 is 29.6 Å². The smallest absolute Gasteiger partial charge is 0.373 e. The SMILES string of the molecule is COC(=O)c1ccc(CN2C(=O)N/C(=C\c3cc(I)c(OCC(=O)Nc4cccc(F)c4)c(OC)c3)C2=O)o1. The molecule has 1 saturated heterocycles. The molecule has 2 aromatic carbocycles. The quantitative estimate of drug-likeness (QED) is 0.154. The van der Waals surface area contributed by atoms with Crippen LogP contribution in [0.2, 0.25) is 0 Å². The largest absolute Gasteiger partial charge is 0.493 e. The molecule has 0 spiro atoms. The molecule has 0 aliphatic carbocycles. The van der Waals surface area contributed by atoms with Crippen LogP contribution in [0.25, 0.3) is 6.08 Å². The summed E-state index contributed by atoms with van der Waals surface area (Å²) in [5, 5.41) is 5.05. The average Bonchev–Trinajstić information content (AvgIpc) is 3.47. The van der Waals surface area contributed by atoms with Crippen LogP contribution < -0.4 is 20.1 Å². The van der Waals surface area contributed by atoms with Crippen molar-refractivity contribution in [2.45, 2.75) is 6.54 Å². The summed E-state index contributed by atoms with van der Waals surface area (Å²) < 4.78 is 34.9. The number of nitrogens with one attached hydrogen (secondary N) is 2. The van der Waals surface area contributed by atoms with Crippen LogP contribution in [0.5, 0.6) is 11.5 Å². The first-order chi connectivity index (χ1) is 18.7. The minimum absolute atomic E-state index is 0.0146. The molecule has 4 rings (SSSR count). The number of imide groups is 1. The van der Waals surface area contributed by atoms with Crippen molar-refractivity contribution < 1.29 is 42.2 Å². The maximum atomic E-state index is 13.3. The van der Waals surface area contributed by atoms with Crippen LogP contribution >= 0.6 is 22.6 Å². The third kappa shape index (κ3) is 6.54. The topological polar surface area (TPSA) is 136 Å². The van der Waals surface area contributed by atoms with Gasteiger partial charge in [0.25, 0.3) is 11.8 Å². The lowest BCUT2D eigenvalue weighted by molar-refractivity contribution is -0.123. The zero-order chi connectivity index (χ0) is 28.1. The van der Waals surface area contributed by atoms with Gasteiger partial charge in [-0.1, -0.05) is 6.07 Å². The van der Waals surface area contributed by atoms with Crippen LogP contribution in [-0.2, 0) is 20.9 Å². The lowest BCUT2D eigenvalue weighted by Gasteiger charge is -2.14. The highest BCUT2D eigenvalue weighted by Crippen LogP contribution is 2.35. The highest BCUT2D eigenvalue weighted by Gasteiger charge is 2.34. The fraction of sp³-hybridized carbons (Fsp3) is 0.154. The van der Waals surface area contributed by atoms with Gasteiger partial charge in [0.1, 0.15) is 17.3 Å². The van der Waals surface area contributed by atoms with Gasteiger partial charge in [0.15, 0.2) is 18.1 Å². The van der Waals surface area contributed by atoms with Crippen molar-refractivity contribution in [1.82, 2.24) is 10.2 Å². The van der Waals surface area contributed by atoms with Crippen molar-refractivity contribution >= 4 is 58.2 Å². The predicted molar refractivity (Wildman–Crippen MR) is 143 cm³/mol. The van der Waals surface area contributed by atoms with E-state index in [-0.39, 0.29) is 41.9 Å². The molecule has 1 fully saturated rings. The minimum atomic E-state index is -0.678. The first-order valence-electron chi connectivity index (χ1n) is 11.3. The summed E-state index contributed by atoms with van der Waals surface area (Å²) in [7, 11) is 2.62. The van der Waals surface area contributed by atoms with Gasteiger partial charge in [-0.2, -0.15) is 0 Å². The third-order valence-electron chi connectivity index (χ3n) is 5.34. The van der Waals surface area contributed by atoms with Gasteiger partial charge < -0.3 is 29.3 Å². The first-order valence-corrected chi connectivity index (χ1v) is 12.3. The number of methoxy groups -OCH3 is 2. The van der Waals surface area contributed by atoms with E-state index in [0.717, 1.165) is 4.90 Å². The number of rotatable bonds is 9. The lowest BCUT2D eigenvalue weighted by Crippen LogP contribution is -2.30. The Balaban J connectivity index is 1.45. The fourth-order valence-electron chi connectivity index (χ4n) is 3.58. The van der Waals surface area contributed by atoms with Gasteiger partial charge in [-0.3, -0.25) is 14.5 Å². The van der Waals surface area contributed by atoms with Crippen LogP contribution in [0.15, 0.2) is 58.6 Å². The normalized spacial score (nSPS) is 13.8. The average molecular weight is 649 g/mol. The summed E-state index contributed by atoms with van der Waals surface area (Å²) in [6.45, 7) is -0.554. The summed E-state index contributed by atoms with van der Waals surface area (Å²) in [6, 6.07) is 10.9. The summed E-state index contributed by atoms with van der Waals surface area (Å²) in [5.41, 5.74) is 0.825. The molecule has 11 nitrogen and oxygen atoms in total. The highest BCUT2D eigenvalue weighted by atomic mass is 127. The van der Waals surface area contributed by atoms with Gasteiger partial charge >= 0.3 is 12.0 Å². The Hall–Kier alpha value is -4.40. The van der Waals surface area contributed by atoms with Gasteiger partial charge in [-0.15, -0.1) is 0 Å². The van der Waals surface area contributed by atoms with E-state index in [9.17, 15) is 23.6 Å². The molecule has 3 aromatic rings. The van der Waals surface area contributed by atoms with Gasteiger partial charge in [0.05, 0.1) is 24.3 Å². The monoisotopic (exact) mass is 649 g/mol. The highest BCUT2D eigenvalue weighted by molar-refractivity contribution is 14.1. The number of hydrogen-bond donors (Lipinski definition) is 2. The fourth-order valence-corrected chi connectivity index (χ4v) is 4.36. The van der Waals surface area contributed by atoms with Crippen LogP contribution in [-0.4, -0.2) is 49.5 Å². The number of carbonyl (C=O) groups excluding carboxylic acids is 4. The molecule has 13 heteroatoms. The molecular formula is C26H21FIN3O8. The Bertz CT molecular complexity index is 1490. The van der Waals surface area contributed by atoms with Crippen LogP contribution in [0.4, 0.5) is 14.9 Å². The van der Waals surface area contributed by atoms with Crippen LogP contribution in [0.1, 0.15) is 21.9 Å². The molecule has 1 aliphatic heterocycles. The zero-order valence-electron chi connectivity index (χ0n) is 20.6. The number of urea groups is 1. The number of hydrogen-bond acceptors (Lipinski definition) is 8. The van der Waals surface area contributed by atoms with Crippen molar-refractivity contribution in [2.24, 2.45) is 0 Å². The van der Waals surface area contributed by atoms with Crippen molar-refractivity contribution in [3.05, 3.63) is 80.7 Å².